The number of benzene rings is 2. The Hall–Kier alpha value is -3.58. The smallest absolute Gasteiger partial charge is 0.263 e. The van der Waals surface area contributed by atoms with Crippen LogP contribution in [0.25, 0.3) is 0 Å². The van der Waals surface area contributed by atoms with Crippen LogP contribution in [0.2, 0.25) is 0 Å². The van der Waals surface area contributed by atoms with Crippen molar-refractivity contribution >= 4 is 31.6 Å². The van der Waals surface area contributed by atoms with Crippen molar-refractivity contribution in [3.05, 3.63) is 54.9 Å². The second-order valence-electron chi connectivity index (χ2n) is 6.20. The Morgan fingerprint density at radius 3 is 1.94 bits per heavy atom. The number of hydrogen-bond donors (Lipinski definition) is 2. The number of nitrogens with zero attached hydrogens (tertiary/aromatic N) is 2. The quantitative estimate of drug-likeness (QED) is 0.470. The van der Waals surface area contributed by atoms with Crippen LogP contribution >= 0.6 is 0 Å². The zero-order valence-electron chi connectivity index (χ0n) is 17.3. The Morgan fingerprint density at radius 2 is 1.31 bits per heavy atom. The van der Waals surface area contributed by atoms with Crippen molar-refractivity contribution in [3.8, 4) is 17.4 Å². The first kappa shape index (κ1) is 23.1. The van der Waals surface area contributed by atoms with E-state index < -0.39 is 20.0 Å². The van der Waals surface area contributed by atoms with E-state index in [0.717, 1.165) is 6.33 Å². The summed E-state index contributed by atoms with van der Waals surface area (Å²) in [4.78, 5) is 7.49. The molecule has 0 fully saturated rings. The zero-order valence-corrected chi connectivity index (χ0v) is 18.9. The van der Waals surface area contributed by atoms with Gasteiger partial charge in [-0.05, 0) is 36.4 Å². The molecule has 0 aliphatic heterocycles. The number of nitrogens with one attached hydrogen (secondary N) is 2. The summed E-state index contributed by atoms with van der Waals surface area (Å²) in [6.07, 6.45) is 1.16. The molecule has 1 aromatic heterocycles. The summed E-state index contributed by atoms with van der Waals surface area (Å²) < 4.78 is 70.4. The van der Waals surface area contributed by atoms with Crippen LogP contribution in [0.1, 0.15) is 0 Å². The highest BCUT2D eigenvalue weighted by atomic mass is 32.2. The topological polar surface area (TPSA) is 146 Å². The second kappa shape index (κ2) is 9.28. The maximum atomic E-state index is 12.7. The van der Waals surface area contributed by atoms with Crippen molar-refractivity contribution in [3.63, 3.8) is 0 Å². The molecule has 0 saturated carbocycles. The van der Waals surface area contributed by atoms with Gasteiger partial charge in [-0.2, -0.15) is 0 Å². The number of sulfonamides is 2. The summed E-state index contributed by atoms with van der Waals surface area (Å²) in [5.41, 5.74) is 0.169. The van der Waals surface area contributed by atoms with Crippen molar-refractivity contribution < 1.29 is 31.0 Å². The highest BCUT2D eigenvalue weighted by Crippen LogP contribution is 2.30. The minimum Gasteiger partial charge on any atom is -0.493 e. The SMILES string of the molecule is COc1cc(NS(=O)(=O)c2ccc(NS(=O)(=O)c3ccc(OC)c(OC)c3)cc2)ncn1. The largest absolute Gasteiger partial charge is 0.493 e. The van der Waals surface area contributed by atoms with Gasteiger partial charge in [0.05, 0.1) is 31.1 Å². The predicted octanol–water partition coefficient (Wildman–Crippen LogP) is 2.10. The van der Waals surface area contributed by atoms with E-state index in [9.17, 15) is 16.8 Å². The van der Waals surface area contributed by atoms with Gasteiger partial charge in [0.15, 0.2) is 11.5 Å². The minimum atomic E-state index is -3.97. The molecule has 2 N–H and O–H groups in total. The van der Waals surface area contributed by atoms with Gasteiger partial charge in [-0.3, -0.25) is 9.44 Å². The van der Waals surface area contributed by atoms with E-state index in [4.69, 9.17) is 14.2 Å². The molecule has 0 atom stereocenters. The molecule has 2 aromatic carbocycles. The molecule has 0 amide bonds. The van der Waals surface area contributed by atoms with E-state index in [0.29, 0.717) is 5.75 Å². The number of ether oxygens (including phenoxy) is 3. The van der Waals surface area contributed by atoms with E-state index in [2.05, 4.69) is 19.4 Å². The molecule has 170 valence electrons. The van der Waals surface area contributed by atoms with Gasteiger partial charge in [0.25, 0.3) is 20.0 Å². The first-order valence-electron chi connectivity index (χ1n) is 8.92. The number of hydrogen-bond acceptors (Lipinski definition) is 9. The van der Waals surface area contributed by atoms with Crippen molar-refractivity contribution in [1.82, 2.24) is 9.97 Å². The Kier molecular flexibility index (Phi) is 6.69. The Balaban J connectivity index is 1.79. The van der Waals surface area contributed by atoms with Crippen LogP contribution in [0, 0.1) is 0 Å². The summed E-state index contributed by atoms with van der Waals surface area (Å²) in [6, 6.07) is 10.6. The summed E-state index contributed by atoms with van der Waals surface area (Å²) in [6.45, 7) is 0. The molecule has 11 nitrogen and oxygen atoms in total. The molecule has 3 rings (SSSR count). The lowest BCUT2D eigenvalue weighted by atomic mass is 10.3. The van der Waals surface area contributed by atoms with Gasteiger partial charge in [-0.25, -0.2) is 26.8 Å². The van der Waals surface area contributed by atoms with Crippen LogP contribution in [0.4, 0.5) is 11.5 Å². The number of rotatable bonds is 9. The molecule has 32 heavy (non-hydrogen) atoms. The lowest BCUT2D eigenvalue weighted by Gasteiger charge is -2.12. The van der Waals surface area contributed by atoms with Gasteiger partial charge >= 0.3 is 0 Å². The van der Waals surface area contributed by atoms with Crippen molar-refractivity contribution in [2.75, 3.05) is 30.8 Å². The Morgan fingerprint density at radius 1 is 0.688 bits per heavy atom. The number of methoxy groups -OCH3 is 3. The molecular weight excluding hydrogens is 460 g/mol. The van der Waals surface area contributed by atoms with Crippen LogP contribution in [0.15, 0.2) is 64.6 Å². The minimum absolute atomic E-state index is 0.0232. The number of aromatic nitrogens is 2. The highest BCUT2D eigenvalue weighted by molar-refractivity contribution is 7.93. The van der Waals surface area contributed by atoms with E-state index >= 15 is 0 Å². The summed E-state index contributed by atoms with van der Waals surface area (Å²) >= 11 is 0. The lowest BCUT2D eigenvalue weighted by Crippen LogP contribution is -2.15. The van der Waals surface area contributed by atoms with Crippen LogP contribution < -0.4 is 23.7 Å². The maximum absolute atomic E-state index is 12.7. The lowest BCUT2D eigenvalue weighted by molar-refractivity contribution is 0.354. The van der Waals surface area contributed by atoms with Crippen molar-refractivity contribution in [2.45, 2.75) is 9.79 Å². The molecule has 0 saturated heterocycles. The average Bonchev–Trinajstić information content (AvgIpc) is 2.78. The van der Waals surface area contributed by atoms with Gasteiger partial charge in [-0.15, -0.1) is 0 Å². The summed E-state index contributed by atoms with van der Waals surface area (Å²) in [5.74, 6) is 0.853. The van der Waals surface area contributed by atoms with E-state index in [1.165, 1.54) is 69.9 Å². The van der Waals surface area contributed by atoms with Gasteiger partial charge in [0.2, 0.25) is 5.88 Å². The third-order valence-corrected chi connectivity index (χ3v) is 6.92. The first-order chi connectivity index (χ1) is 15.2. The molecule has 0 spiro atoms. The first-order valence-corrected chi connectivity index (χ1v) is 11.9. The van der Waals surface area contributed by atoms with Gasteiger partial charge in [-0.1, -0.05) is 0 Å². The van der Waals surface area contributed by atoms with Crippen molar-refractivity contribution in [1.29, 1.82) is 0 Å². The molecular formula is C19H20N4O7S2. The third kappa shape index (κ3) is 5.18. The molecule has 0 aliphatic carbocycles. The molecule has 0 radical (unpaired) electrons. The van der Waals surface area contributed by atoms with E-state index in [-0.39, 0.29) is 32.9 Å². The molecule has 13 heteroatoms. The van der Waals surface area contributed by atoms with Crippen molar-refractivity contribution in [2.24, 2.45) is 0 Å². The summed E-state index contributed by atoms with van der Waals surface area (Å²) in [7, 11) is -3.70. The molecule has 1 heterocycles. The Bertz CT molecular complexity index is 1310. The van der Waals surface area contributed by atoms with E-state index in [1.807, 2.05) is 0 Å². The van der Waals surface area contributed by atoms with Gasteiger partial charge in [0, 0.05) is 17.8 Å². The summed E-state index contributed by atoms with van der Waals surface area (Å²) in [5, 5.41) is 0. The molecule has 3 aromatic rings. The molecule has 0 unspecified atom stereocenters. The Labute approximate surface area is 185 Å². The fraction of sp³-hybridized carbons (Fsp3) is 0.158. The second-order valence-corrected chi connectivity index (χ2v) is 9.56. The van der Waals surface area contributed by atoms with Crippen LogP contribution in [0.5, 0.6) is 17.4 Å². The fourth-order valence-corrected chi connectivity index (χ4v) is 4.68. The van der Waals surface area contributed by atoms with Crippen LogP contribution in [0.3, 0.4) is 0 Å². The molecule has 0 aliphatic rings. The van der Waals surface area contributed by atoms with Gasteiger partial charge in [0.1, 0.15) is 12.1 Å². The van der Waals surface area contributed by atoms with Crippen LogP contribution in [-0.2, 0) is 20.0 Å². The fourth-order valence-electron chi connectivity index (χ4n) is 2.60. The molecule has 0 bridgehead atoms. The normalized spacial score (nSPS) is 11.5. The number of anilines is 2. The highest BCUT2D eigenvalue weighted by Gasteiger charge is 2.19. The average molecular weight is 481 g/mol. The van der Waals surface area contributed by atoms with Crippen LogP contribution in [-0.4, -0.2) is 48.1 Å². The third-order valence-electron chi connectivity index (χ3n) is 4.17. The zero-order chi connectivity index (χ0) is 23.4. The predicted molar refractivity (Wildman–Crippen MR) is 116 cm³/mol. The monoisotopic (exact) mass is 480 g/mol. The standard InChI is InChI=1S/C19H20N4O7S2/c1-28-16-9-8-15(10-17(16)29-2)32(26,27)22-13-4-6-14(7-5-13)31(24,25)23-18-11-19(30-3)21-12-20-18/h4-12,22H,1-3H3,(H,20,21,23). The van der Waals surface area contributed by atoms with Gasteiger partial charge < -0.3 is 14.2 Å². The van der Waals surface area contributed by atoms with E-state index in [1.54, 1.807) is 0 Å². The maximum Gasteiger partial charge on any atom is 0.263 e.